The Hall–Kier alpha value is -3.29. The highest BCUT2D eigenvalue weighted by molar-refractivity contribution is 9.10. The van der Waals surface area contributed by atoms with Crippen molar-refractivity contribution in [2.24, 2.45) is 0 Å². The summed E-state index contributed by atoms with van der Waals surface area (Å²) in [4.78, 5) is 32.6. The second-order valence-electron chi connectivity index (χ2n) is 8.05. The van der Waals surface area contributed by atoms with Crippen LogP contribution in [0.1, 0.15) is 28.3 Å². The number of carbonyl (C=O) groups is 2. The van der Waals surface area contributed by atoms with E-state index >= 15 is 0 Å². The molecule has 0 spiro atoms. The summed E-state index contributed by atoms with van der Waals surface area (Å²) in [6, 6.07) is 19.7. The molecule has 2 heterocycles. The number of halogens is 1. The first-order valence-corrected chi connectivity index (χ1v) is 11.9. The third-order valence-corrected chi connectivity index (χ3v) is 7.24. The van der Waals surface area contributed by atoms with Crippen LogP contribution in [0.15, 0.2) is 76.8 Å². The van der Waals surface area contributed by atoms with Crippen LogP contribution in [0.3, 0.4) is 0 Å². The fourth-order valence-electron chi connectivity index (χ4n) is 3.98. The number of Topliss-reactive ketones (excluding diaryl/α,β-unsaturated/α-hetero) is 1. The van der Waals surface area contributed by atoms with Gasteiger partial charge in [0.15, 0.2) is 5.13 Å². The number of aliphatic hydroxyl groups excluding tert-OH is 1. The fourth-order valence-corrected chi connectivity index (χ4v) is 5.33. The molecule has 5 rings (SSSR count). The summed E-state index contributed by atoms with van der Waals surface area (Å²) in [5, 5.41) is 11.6. The van der Waals surface area contributed by atoms with E-state index in [1.54, 1.807) is 12.1 Å². The number of amides is 1. The molecule has 1 aliphatic rings. The van der Waals surface area contributed by atoms with Crippen molar-refractivity contribution in [3.05, 3.63) is 99.0 Å². The molecule has 1 aliphatic heterocycles. The lowest BCUT2D eigenvalue weighted by molar-refractivity contribution is -0.132. The summed E-state index contributed by atoms with van der Waals surface area (Å²) < 4.78 is 1.80. The smallest absolute Gasteiger partial charge is 0.301 e. The van der Waals surface area contributed by atoms with E-state index in [9.17, 15) is 14.7 Å². The van der Waals surface area contributed by atoms with E-state index in [1.807, 2.05) is 68.4 Å². The van der Waals surface area contributed by atoms with Gasteiger partial charge in [0.25, 0.3) is 5.78 Å². The van der Waals surface area contributed by atoms with Crippen LogP contribution in [0.5, 0.6) is 0 Å². The van der Waals surface area contributed by atoms with E-state index in [2.05, 4.69) is 20.9 Å². The number of anilines is 1. The van der Waals surface area contributed by atoms with Gasteiger partial charge in [-0.3, -0.25) is 14.5 Å². The molecule has 0 aliphatic carbocycles. The Labute approximate surface area is 203 Å². The van der Waals surface area contributed by atoms with Crippen molar-refractivity contribution < 1.29 is 14.7 Å². The molecule has 3 aromatic carbocycles. The summed E-state index contributed by atoms with van der Waals surface area (Å²) in [7, 11) is 0. The number of aryl methyl sites for hydroxylation is 2. The van der Waals surface area contributed by atoms with Crippen LogP contribution in [0.25, 0.3) is 16.0 Å². The molecule has 0 radical (unpaired) electrons. The molecular weight excluding hydrogens is 500 g/mol. The van der Waals surface area contributed by atoms with Crippen LogP contribution < -0.4 is 4.90 Å². The number of nitrogens with zero attached hydrogens (tertiary/aromatic N) is 2. The lowest BCUT2D eigenvalue weighted by Gasteiger charge is -2.23. The van der Waals surface area contributed by atoms with Crippen LogP contribution in [-0.2, 0) is 9.59 Å². The molecule has 1 amide bonds. The lowest BCUT2D eigenvalue weighted by atomic mass is 9.95. The van der Waals surface area contributed by atoms with Crippen LogP contribution in [0.4, 0.5) is 5.13 Å². The molecule has 0 bridgehead atoms. The number of fused-ring (bicyclic) bond motifs is 1. The molecule has 1 atom stereocenters. The quantitative estimate of drug-likeness (QED) is 0.196. The summed E-state index contributed by atoms with van der Waals surface area (Å²) in [5.41, 5.74) is 4.13. The monoisotopic (exact) mass is 518 g/mol. The second kappa shape index (κ2) is 8.24. The summed E-state index contributed by atoms with van der Waals surface area (Å²) >= 11 is 4.79. The second-order valence-corrected chi connectivity index (χ2v) is 9.98. The van der Waals surface area contributed by atoms with E-state index < -0.39 is 17.7 Å². The van der Waals surface area contributed by atoms with Gasteiger partial charge >= 0.3 is 5.91 Å². The number of benzene rings is 3. The highest BCUT2D eigenvalue weighted by atomic mass is 79.9. The predicted octanol–water partition coefficient (Wildman–Crippen LogP) is 6.30. The molecule has 7 heteroatoms. The molecule has 164 valence electrons. The number of aliphatic hydroxyl groups is 1. The molecule has 1 N–H and O–H groups in total. The molecule has 1 fully saturated rings. The van der Waals surface area contributed by atoms with Crippen LogP contribution >= 0.6 is 27.3 Å². The Morgan fingerprint density at radius 1 is 0.970 bits per heavy atom. The van der Waals surface area contributed by atoms with Gasteiger partial charge in [0.05, 0.1) is 21.8 Å². The molecule has 4 aromatic rings. The van der Waals surface area contributed by atoms with Gasteiger partial charge in [0, 0.05) is 10.0 Å². The highest BCUT2D eigenvalue weighted by Crippen LogP contribution is 2.44. The topological polar surface area (TPSA) is 70.5 Å². The maximum atomic E-state index is 13.3. The van der Waals surface area contributed by atoms with E-state index in [4.69, 9.17) is 0 Å². The summed E-state index contributed by atoms with van der Waals surface area (Å²) in [5.74, 6) is -1.62. The van der Waals surface area contributed by atoms with Crippen molar-refractivity contribution in [3.8, 4) is 0 Å². The number of ketones is 1. The van der Waals surface area contributed by atoms with Crippen molar-refractivity contribution in [2.45, 2.75) is 19.9 Å². The van der Waals surface area contributed by atoms with E-state index in [1.165, 1.54) is 16.2 Å². The van der Waals surface area contributed by atoms with E-state index in [0.29, 0.717) is 16.3 Å². The number of hydrogen-bond acceptors (Lipinski definition) is 5. The van der Waals surface area contributed by atoms with Gasteiger partial charge in [0.2, 0.25) is 0 Å². The zero-order valence-corrected chi connectivity index (χ0v) is 20.3. The van der Waals surface area contributed by atoms with Crippen LogP contribution in [0, 0.1) is 13.8 Å². The molecular formula is C26H19BrN2O3S. The molecule has 33 heavy (non-hydrogen) atoms. The fraction of sp³-hybridized carbons (Fsp3) is 0.115. The number of thiazole rings is 1. The average molecular weight is 519 g/mol. The normalized spacial score (nSPS) is 17.8. The maximum Gasteiger partial charge on any atom is 0.301 e. The average Bonchev–Trinajstić information content (AvgIpc) is 3.32. The minimum absolute atomic E-state index is 0.0570. The Kier molecular flexibility index (Phi) is 5.38. The number of rotatable bonds is 3. The maximum absolute atomic E-state index is 13.3. The largest absolute Gasteiger partial charge is 0.507 e. The lowest BCUT2D eigenvalue weighted by Crippen LogP contribution is -2.29. The molecule has 1 saturated heterocycles. The molecule has 0 saturated carbocycles. The van der Waals surface area contributed by atoms with Gasteiger partial charge in [-0.1, -0.05) is 75.3 Å². The third kappa shape index (κ3) is 3.77. The van der Waals surface area contributed by atoms with Crippen LogP contribution in [0.2, 0.25) is 0 Å². The molecule has 5 nitrogen and oxygen atoms in total. The van der Waals surface area contributed by atoms with Crippen molar-refractivity contribution in [1.29, 1.82) is 0 Å². The van der Waals surface area contributed by atoms with Crippen molar-refractivity contribution in [3.63, 3.8) is 0 Å². The first-order valence-electron chi connectivity index (χ1n) is 10.3. The van der Waals surface area contributed by atoms with E-state index in [0.717, 1.165) is 25.8 Å². The van der Waals surface area contributed by atoms with Gasteiger partial charge in [-0.2, -0.15) is 0 Å². The summed E-state index contributed by atoms with van der Waals surface area (Å²) in [6.07, 6.45) is 0. The Balaban J connectivity index is 1.73. The Morgan fingerprint density at radius 2 is 1.64 bits per heavy atom. The van der Waals surface area contributed by atoms with Gasteiger partial charge in [-0.15, -0.1) is 0 Å². The Morgan fingerprint density at radius 3 is 2.33 bits per heavy atom. The van der Waals surface area contributed by atoms with Crippen molar-refractivity contribution in [1.82, 2.24) is 4.98 Å². The van der Waals surface area contributed by atoms with Crippen molar-refractivity contribution >= 4 is 60.1 Å². The zero-order valence-electron chi connectivity index (χ0n) is 17.9. The number of hydrogen-bond donors (Lipinski definition) is 1. The first-order chi connectivity index (χ1) is 15.8. The molecule has 1 aromatic heterocycles. The predicted molar refractivity (Wildman–Crippen MR) is 134 cm³/mol. The number of aromatic nitrogens is 1. The van der Waals surface area contributed by atoms with Gasteiger partial charge in [-0.05, 0) is 49.2 Å². The van der Waals surface area contributed by atoms with Crippen molar-refractivity contribution in [2.75, 3.05) is 4.90 Å². The minimum atomic E-state index is -0.791. The first kappa shape index (κ1) is 21.6. The van der Waals surface area contributed by atoms with Crippen LogP contribution in [-0.4, -0.2) is 21.8 Å². The third-order valence-electron chi connectivity index (χ3n) is 5.69. The van der Waals surface area contributed by atoms with Gasteiger partial charge in [0.1, 0.15) is 5.76 Å². The Bertz CT molecular complexity index is 1440. The van der Waals surface area contributed by atoms with Gasteiger partial charge < -0.3 is 5.11 Å². The summed E-state index contributed by atoms with van der Waals surface area (Å²) in [6.45, 7) is 3.94. The van der Waals surface area contributed by atoms with Gasteiger partial charge in [-0.25, -0.2) is 4.98 Å². The minimum Gasteiger partial charge on any atom is -0.507 e. The van der Waals surface area contributed by atoms with E-state index in [-0.39, 0.29) is 11.3 Å². The zero-order chi connectivity index (χ0) is 23.3. The highest BCUT2D eigenvalue weighted by Gasteiger charge is 2.48. The number of carbonyl (C=O) groups excluding carboxylic acids is 2. The molecule has 0 unspecified atom stereocenters. The SMILES string of the molecule is Cc1ccc(C(O)=C2C(=O)C(=O)N(c3nc4ccc(C)cc4s3)[C@H]2c2ccc(Br)cc2)cc1. The standard InChI is InChI=1S/C26H19BrN2O3S/c1-14-3-6-17(7-4-14)23(30)21-22(16-8-10-18(27)11-9-16)29(25(32)24(21)31)26-28-19-12-5-15(2)13-20(19)33-26/h3-13,22,30H,1-2H3/t22-/m0/s1.